The van der Waals surface area contributed by atoms with Crippen LogP contribution in [0, 0.1) is 11.8 Å². The van der Waals surface area contributed by atoms with Gasteiger partial charge in [-0.1, -0.05) is 67.1 Å². The lowest BCUT2D eigenvalue weighted by Gasteiger charge is -2.35. The number of benzene rings is 2. The zero-order valence-electron chi connectivity index (χ0n) is 11.7. The normalized spacial score (nSPS) is 27.4. The molecule has 2 aliphatic rings. The number of hydrogen-bond donors (Lipinski definition) is 0. The molecule has 1 heteroatoms. The molecule has 20 heavy (non-hydrogen) atoms. The fourth-order valence-electron chi connectivity index (χ4n) is 4.25. The lowest BCUT2D eigenvalue weighted by molar-refractivity contribution is 0.00739. The molecular formula is C19H20O. The zero-order chi connectivity index (χ0) is 13.4. The van der Waals surface area contributed by atoms with E-state index in [9.17, 15) is 0 Å². The summed E-state index contributed by atoms with van der Waals surface area (Å²) in [5.41, 5.74) is 2.42. The van der Waals surface area contributed by atoms with Gasteiger partial charge in [-0.3, -0.25) is 0 Å². The van der Waals surface area contributed by atoms with E-state index in [0.29, 0.717) is 5.92 Å². The minimum atomic E-state index is -0.219. The van der Waals surface area contributed by atoms with Crippen LogP contribution in [0.1, 0.15) is 30.4 Å². The highest BCUT2D eigenvalue weighted by molar-refractivity contribution is 5.39. The molecule has 2 fully saturated rings. The molecule has 4 rings (SSSR count). The Kier molecular flexibility index (Phi) is 2.89. The Labute approximate surface area is 120 Å². The fraction of sp³-hybridized carbons (Fsp3) is 0.368. The van der Waals surface area contributed by atoms with Gasteiger partial charge in [-0.05, 0) is 29.9 Å². The highest BCUT2D eigenvalue weighted by Crippen LogP contribution is 2.55. The summed E-state index contributed by atoms with van der Waals surface area (Å²) in [5, 5.41) is 0. The molecule has 0 aromatic heterocycles. The van der Waals surface area contributed by atoms with Crippen LogP contribution in [0.5, 0.6) is 0 Å². The lowest BCUT2D eigenvalue weighted by atomic mass is 9.74. The third-order valence-electron chi connectivity index (χ3n) is 5.11. The molecule has 2 atom stereocenters. The summed E-state index contributed by atoms with van der Waals surface area (Å²) in [7, 11) is 0. The van der Waals surface area contributed by atoms with Crippen LogP contribution in [0.25, 0.3) is 0 Å². The molecular weight excluding hydrogens is 244 g/mol. The number of hydrogen-bond acceptors (Lipinski definition) is 1. The maximum Gasteiger partial charge on any atom is 0.121 e. The van der Waals surface area contributed by atoms with Crippen LogP contribution >= 0.6 is 0 Å². The van der Waals surface area contributed by atoms with Gasteiger partial charge in [0.1, 0.15) is 5.60 Å². The van der Waals surface area contributed by atoms with E-state index in [1.807, 2.05) is 0 Å². The second-order valence-electron chi connectivity index (χ2n) is 6.08. The minimum Gasteiger partial charge on any atom is -0.365 e. The molecule has 1 saturated heterocycles. The summed E-state index contributed by atoms with van der Waals surface area (Å²) in [4.78, 5) is 0. The van der Waals surface area contributed by atoms with Crippen molar-refractivity contribution in [2.75, 3.05) is 6.61 Å². The predicted octanol–water partition coefficient (Wildman–Crippen LogP) is 4.38. The van der Waals surface area contributed by atoms with Crippen LogP contribution in [-0.4, -0.2) is 6.61 Å². The van der Waals surface area contributed by atoms with Crippen LogP contribution in [0.2, 0.25) is 0 Å². The van der Waals surface area contributed by atoms with Crippen LogP contribution in [0.4, 0.5) is 0 Å². The first-order valence-corrected chi connectivity index (χ1v) is 7.66. The Hall–Kier alpha value is -1.60. The van der Waals surface area contributed by atoms with E-state index >= 15 is 0 Å². The van der Waals surface area contributed by atoms with Crippen LogP contribution in [0.15, 0.2) is 60.7 Å². The largest absolute Gasteiger partial charge is 0.365 e. The summed E-state index contributed by atoms with van der Waals surface area (Å²) in [6, 6.07) is 21.6. The summed E-state index contributed by atoms with van der Waals surface area (Å²) < 4.78 is 6.48. The molecule has 0 bridgehead atoms. The maximum atomic E-state index is 6.48. The summed E-state index contributed by atoms with van der Waals surface area (Å²) in [5.74, 6) is 1.36. The monoisotopic (exact) mass is 264 g/mol. The van der Waals surface area contributed by atoms with Crippen LogP contribution in [-0.2, 0) is 10.3 Å². The standard InChI is InChI=1S/C19H20O/c1-3-9-16(10-4-1)19(17-11-5-2-6-12-17)18-13-7-8-15(18)14-20-19/h1-6,9-12,15,18H,7-8,13-14H2. The first-order valence-electron chi connectivity index (χ1n) is 7.66. The van der Waals surface area contributed by atoms with E-state index in [0.717, 1.165) is 12.5 Å². The molecule has 1 aliphatic heterocycles. The summed E-state index contributed by atoms with van der Waals surface area (Å²) in [6.07, 6.45) is 3.96. The highest BCUT2D eigenvalue weighted by Gasteiger charge is 2.53. The molecule has 2 aromatic carbocycles. The SMILES string of the molecule is c1ccc(C2(c3ccccc3)OCC3CCCC32)cc1. The number of rotatable bonds is 2. The van der Waals surface area contributed by atoms with Crippen molar-refractivity contribution in [1.29, 1.82) is 0 Å². The Morgan fingerprint density at radius 2 is 1.40 bits per heavy atom. The Bertz CT molecular complexity index is 536. The molecule has 2 unspecified atom stereocenters. The van der Waals surface area contributed by atoms with Crippen LogP contribution in [0.3, 0.4) is 0 Å². The molecule has 1 heterocycles. The van der Waals surface area contributed by atoms with Gasteiger partial charge in [-0.2, -0.15) is 0 Å². The molecule has 0 amide bonds. The Morgan fingerprint density at radius 1 is 0.800 bits per heavy atom. The predicted molar refractivity (Wildman–Crippen MR) is 80.4 cm³/mol. The van der Waals surface area contributed by atoms with E-state index < -0.39 is 0 Å². The van der Waals surface area contributed by atoms with Crippen molar-refractivity contribution in [2.24, 2.45) is 11.8 Å². The van der Waals surface area contributed by atoms with E-state index in [2.05, 4.69) is 60.7 Å². The van der Waals surface area contributed by atoms with Gasteiger partial charge in [0.15, 0.2) is 0 Å². The smallest absolute Gasteiger partial charge is 0.121 e. The van der Waals surface area contributed by atoms with E-state index in [4.69, 9.17) is 4.74 Å². The second-order valence-corrected chi connectivity index (χ2v) is 6.08. The molecule has 102 valence electrons. The zero-order valence-corrected chi connectivity index (χ0v) is 11.7. The van der Waals surface area contributed by atoms with Crippen molar-refractivity contribution < 1.29 is 4.74 Å². The first-order chi connectivity index (χ1) is 9.91. The van der Waals surface area contributed by atoms with Gasteiger partial charge in [0.2, 0.25) is 0 Å². The maximum absolute atomic E-state index is 6.48. The van der Waals surface area contributed by atoms with Crippen molar-refractivity contribution in [3.05, 3.63) is 71.8 Å². The van der Waals surface area contributed by atoms with Gasteiger partial charge in [0.05, 0.1) is 6.61 Å². The van der Waals surface area contributed by atoms with Gasteiger partial charge < -0.3 is 4.74 Å². The molecule has 0 spiro atoms. The molecule has 1 saturated carbocycles. The summed E-state index contributed by atoms with van der Waals surface area (Å²) in [6.45, 7) is 0.911. The molecule has 0 radical (unpaired) electrons. The van der Waals surface area contributed by atoms with Crippen molar-refractivity contribution in [3.63, 3.8) is 0 Å². The molecule has 1 nitrogen and oxygen atoms in total. The van der Waals surface area contributed by atoms with Crippen molar-refractivity contribution in [1.82, 2.24) is 0 Å². The Balaban J connectivity index is 1.90. The van der Waals surface area contributed by atoms with E-state index in [-0.39, 0.29) is 5.60 Å². The second kappa shape index (κ2) is 4.75. The fourth-order valence-corrected chi connectivity index (χ4v) is 4.25. The van der Waals surface area contributed by atoms with Crippen molar-refractivity contribution in [3.8, 4) is 0 Å². The van der Waals surface area contributed by atoms with E-state index in [1.165, 1.54) is 30.4 Å². The van der Waals surface area contributed by atoms with Gasteiger partial charge in [-0.15, -0.1) is 0 Å². The molecule has 2 aromatic rings. The first kappa shape index (κ1) is 12.2. The van der Waals surface area contributed by atoms with Gasteiger partial charge in [-0.25, -0.2) is 0 Å². The minimum absolute atomic E-state index is 0.219. The van der Waals surface area contributed by atoms with Gasteiger partial charge in [0.25, 0.3) is 0 Å². The topological polar surface area (TPSA) is 9.23 Å². The molecule has 1 aliphatic carbocycles. The number of fused-ring (bicyclic) bond motifs is 1. The van der Waals surface area contributed by atoms with E-state index in [1.54, 1.807) is 0 Å². The van der Waals surface area contributed by atoms with Gasteiger partial charge in [0, 0.05) is 5.92 Å². The average molecular weight is 264 g/mol. The quantitative estimate of drug-likeness (QED) is 0.782. The lowest BCUT2D eigenvalue weighted by Crippen LogP contribution is -2.34. The third kappa shape index (κ3) is 1.66. The van der Waals surface area contributed by atoms with Crippen molar-refractivity contribution >= 4 is 0 Å². The average Bonchev–Trinajstić information content (AvgIpc) is 3.11. The summed E-state index contributed by atoms with van der Waals surface area (Å²) >= 11 is 0. The third-order valence-corrected chi connectivity index (χ3v) is 5.11. The highest BCUT2D eigenvalue weighted by atomic mass is 16.5. The van der Waals surface area contributed by atoms with Crippen molar-refractivity contribution in [2.45, 2.75) is 24.9 Å². The van der Waals surface area contributed by atoms with Crippen LogP contribution < -0.4 is 0 Å². The molecule has 0 N–H and O–H groups in total. The van der Waals surface area contributed by atoms with Gasteiger partial charge >= 0.3 is 0 Å². The Morgan fingerprint density at radius 3 is 2.00 bits per heavy atom. The number of ether oxygens (including phenoxy) is 1.